The molecule has 16 aromatic rings. The van der Waals surface area contributed by atoms with E-state index in [0.29, 0.717) is 0 Å². The van der Waals surface area contributed by atoms with E-state index in [1.807, 2.05) is 22.7 Å². The van der Waals surface area contributed by atoms with Gasteiger partial charge in [-0.1, -0.05) is 162 Å². The Labute approximate surface area is 629 Å². The lowest BCUT2D eigenvalue weighted by atomic mass is 9.31. The molecule has 9 nitrogen and oxygen atoms in total. The summed E-state index contributed by atoms with van der Waals surface area (Å²) in [6.45, 7) is 10.2. The number of rotatable bonds is 10. The van der Waals surface area contributed by atoms with Crippen molar-refractivity contribution in [2.75, 3.05) is 24.9 Å². The number of ether oxygens (including phenoxy) is 4. The number of fused-ring (bicyclic) bond motifs is 16. The van der Waals surface area contributed by atoms with Crippen molar-refractivity contribution in [2.45, 2.75) is 34.6 Å². The van der Waals surface area contributed by atoms with Crippen molar-refractivity contribution in [3.05, 3.63) is 319 Å². The SMILES string of the molecule is Cc1ccc(N(c2ccc(C)cc2)c2cc3c4c(c2)Oc2c(sc5ccccc25)B4c2cc4c(cc2N3)Oc2cc(N(c3ccccc3)c3ccccc3)cc3c2B4c2cc4c(cc2O3)N(c2c(C)cc(C)cc2C)c2cc(N(c3ccccc3)c3ccccc3)cc3c2B4c2sc4ccccc4c2O3)cc1. The monoisotopic (exact) mass is 1410 g/mol. The minimum absolute atomic E-state index is 0.206. The minimum atomic E-state index is -0.367. The number of nitrogens with zero attached hydrogens (tertiary/aromatic N) is 4. The van der Waals surface area contributed by atoms with Crippen molar-refractivity contribution in [2.24, 2.45) is 0 Å². The van der Waals surface area contributed by atoms with Crippen LogP contribution in [0.1, 0.15) is 27.8 Å². The molecular weight excluding hydrogens is 1350 g/mol. The number of thiophene rings is 2. The molecule has 6 aliphatic heterocycles. The first-order valence-corrected chi connectivity index (χ1v) is 38.2. The standard InChI is InChI=1S/C93H64B3N5O4S2/c1-54-34-38-63(39-35-54)100(64-40-36-55(2)37-41-64)65-44-75-86-80(46-65)104-90-68-30-18-20-32-84(68)106-92(90)95(86)70-50-72-78(52-74(70)97-75)102-82-48-67(99(61-26-14-8-15-27-61)62-28-16-9-17-29-62)49-83-88(82)94(72)73-51-71-76(53-79(73)103-83)101(89-57(4)42-56(3)43-58(89)5)77-45-66(98(59-22-10-6-11-23-59)60-24-12-7-13-25-60)47-81-87(77)96(71)93-91(105-81)69-31-19-21-33-85(69)107-93/h6-53,97H,1-5H3. The zero-order valence-electron chi connectivity index (χ0n) is 59.2. The first-order chi connectivity index (χ1) is 52.6. The average Bonchev–Trinajstić information content (AvgIpc) is 1.65. The topological polar surface area (TPSA) is 61.9 Å². The zero-order chi connectivity index (χ0) is 71.0. The van der Waals surface area contributed by atoms with Crippen LogP contribution in [-0.2, 0) is 0 Å². The summed E-state index contributed by atoms with van der Waals surface area (Å²) in [7, 11) is 0. The third kappa shape index (κ3) is 9.58. The number of para-hydroxylation sites is 4. The van der Waals surface area contributed by atoms with Gasteiger partial charge in [0, 0.05) is 128 Å². The summed E-state index contributed by atoms with van der Waals surface area (Å²) in [6.07, 6.45) is 0. The lowest BCUT2D eigenvalue weighted by Crippen LogP contribution is -2.63. The molecule has 8 heterocycles. The molecule has 0 radical (unpaired) electrons. The van der Waals surface area contributed by atoms with Crippen LogP contribution < -0.4 is 91.7 Å². The van der Waals surface area contributed by atoms with Crippen molar-refractivity contribution in [1.82, 2.24) is 0 Å². The molecule has 14 aromatic carbocycles. The zero-order valence-corrected chi connectivity index (χ0v) is 60.8. The molecule has 22 rings (SSSR count). The second-order valence-electron chi connectivity index (χ2n) is 29.1. The predicted molar refractivity (Wildman–Crippen MR) is 449 cm³/mol. The van der Waals surface area contributed by atoms with Gasteiger partial charge in [-0.25, -0.2) is 0 Å². The minimum Gasteiger partial charge on any atom is -0.458 e. The van der Waals surface area contributed by atoms with Crippen molar-refractivity contribution in [3.8, 4) is 46.0 Å². The fraction of sp³-hybridized carbons (Fsp3) is 0.0538. The molecule has 0 amide bonds. The Morgan fingerprint density at radius 1 is 0.299 bits per heavy atom. The molecule has 1 N–H and O–H groups in total. The third-order valence-electron chi connectivity index (χ3n) is 22.3. The highest BCUT2D eigenvalue weighted by Crippen LogP contribution is 2.53. The van der Waals surface area contributed by atoms with Crippen LogP contribution in [0.3, 0.4) is 0 Å². The third-order valence-corrected chi connectivity index (χ3v) is 24.8. The summed E-state index contributed by atoms with van der Waals surface area (Å²) in [6, 6.07) is 106. The van der Waals surface area contributed by atoms with Gasteiger partial charge in [0.25, 0.3) is 20.1 Å². The predicted octanol–water partition coefficient (Wildman–Crippen LogP) is 19.9. The quantitative estimate of drug-likeness (QED) is 0.135. The van der Waals surface area contributed by atoms with Crippen molar-refractivity contribution < 1.29 is 18.9 Å². The summed E-state index contributed by atoms with van der Waals surface area (Å²) in [5.74, 6) is 6.43. The first kappa shape index (κ1) is 61.8. The number of hydrogen-bond acceptors (Lipinski definition) is 11. The van der Waals surface area contributed by atoms with Gasteiger partial charge in [-0.3, -0.25) is 0 Å². The maximum Gasteiger partial charge on any atom is 0.268 e. The Morgan fingerprint density at radius 3 is 1.21 bits per heavy atom. The Hall–Kier alpha value is -12.6. The van der Waals surface area contributed by atoms with Gasteiger partial charge in [0.05, 0.1) is 22.7 Å². The fourth-order valence-electron chi connectivity index (χ4n) is 17.8. The van der Waals surface area contributed by atoms with Crippen LogP contribution in [0.15, 0.2) is 291 Å². The van der Waals surface area contributed by atoms with Gasteiger partial charge in [0.15, 0.2) is 0 Å². The van der Waals surface area contributed by atoms with Crippen LogP contribution in [0.2, 0.25) is 0 Å². The molecule has 14 heteroatoms. The van der Waals surface area contributed by atoms with Gasteiger partial charge < -0.3 is 43.9 Å². The lowest BCUT2D eigenvalue weighted by molar-refractivity contribution is 0.465. The Bertz CT molecular complexity index is 6270. The van der Waals surface area contributed by atoms with Crippen LogP contribution in [0.25, 0.3) is 20.2 Å². The molecule has 506 valence electrons. The number of hydrogen-bond donors (Lipinski definition) is 1. The van der Waals surface area contributed by atoms with E-state index in [-0.39, 0.29) is 20.1 Å². The molecule has 6 aliphatic rings. The second kappa shape index (κ2) is 23.7. The maximum atomic E-state index is 7.84. The van der Waals surface area contributed by atoms with E-state index in [4.69, 9.17) is 18.9 Å². The molecule has 0 saturated heterocycles. The molecule has 0 aliphatic carbocycles. The fourth-order valence-corrected chi connectivity index (χ4v) is 20.4. The Balaban J connectivity index is 0.800. The number of benzene rings is 14. The van der Waals surface area contributed by atoms with Crippen LogP contribution in [0.5, 0.6) is 46.0 Å². The highest BCUT2D eigenvalue weighted by Gasteiger charge is 2.50. The average molecular weight is 1410 g/mol. The summed E-state index contributed by atoms with van der Waals surface area (Å²) in [4.78, 5) is 9.55. The molecule has 107 heavy (non-hydrogen) atoms. The summed E-state index contributed by atoms with van der Waals surface area (Å²) in [5, 5.41) is 6.31. The number of anilines is 14. The summed E-state index contributed by atoms with van der Waals surface area (Å²) < 4.78 is 35.2. The molecule has 0 unspecified atom stereocenters. The molecule has 0 fully saturated rings. The highest BCUT2D eigenvalue weighted by molar-refractivity contribution is 7.34. The molecule has 0 atom stereocenters. The van der Waals surface area contributed by atoms with Gasteiger partial charge in [-0.15, -0.1) is 22.7 Å². The Kier molecular flexibility index (Phi) is 13.7. The van der Waals surface area contributed by atoms with E-state index >= 15 is 0 Å². The normalized spacial score (nSPS) is 13.2. The van der Waals surface area contributed by atoms with E-state index in [1.165, 1.54) is 41.1 Å². The number of nitrogens with one attached hydrogen (secondary N) is 1. The van der Waals surface area contributed by atoms with E-state index in [1.54, 1.807) is 0 Å². The van der Waals surface area contributed by atoms with Gasteiger partial charge in [-0.2, -0.15) is 0 Å². The summed E-state index contributed by atoms with van der Waals surface area (Å²) >= 11 is 3.66. The van der Waals surface area contributed by atoms with Crippen molar-refractivity contribution in [1.29, 1.82) is 0 Å². The summed E-state index contributed by atoms with van der Waals surface area (Å²) in [5.41, 5.74) is 27.8. The van der Waals surface area contributed by atoms with Gasteiger partial charge in [0.1, 0.15) is 46.0 Å². The molecule has 0 spiro atoms. The van der Waals surface area contributed by atoms with Gasteiger partial charge in [-0.05, 0) is 188 Å². The highest BCUT2D eigenvalue weighted by atomic mass is 32.1. The first-order valence-electron chi connectivity index (χ1n) is 36.6. The molecular formula is C93H64B3N5O4S2. The largest absolute Gasteiger partial charge is 0.458 e. The van der Waals surface area contributed by atoms with Crippen LogP contribution in [0.4, 0.5) is 79.6 Å². The van der Waals surface area contributed by atoms with E-state index < -0.39 is 0 Å². The van der Waals surface area contributed by atoms with Crippen LogP contribution >= 0.6 is 22.7 Å². The van der Waals surface area contributed by atoms with Gasteiger partial charge >= 0.3 is 0 Å². The second-order valence-corrected chi connectivity index (χ2v) is 31.2. The lowest BCUT2D eigenvalue weighted by Gasteiger charge is -2.43. The molecule has 0 saturated carbocycles. The Morgan fingerprint density at radius 2 is 0.710 bits per heavy atom. The molecule has 0 bridgehead atoms. The van der Waals surface area contributed by atoms with E-state index in [9.17, 15) is 0 Å². The smallest absolute Gasteiger partial charge is 0.268 e. The van der Waals surface area contributed by atoms with Gasteiger partial charge in [0.2, 0.25) is 0 Å². The number of aryl methyl sites for hydroxylation is 5. The van der Waals surface area contributed by atoms with E-state index in [2.05, 4.69) is 351 Å². The maximum absolute atomic E-state index is 7.84. The van der Waals surface area contributed by atoms with Crippen LogP contribution in [0, 0.1) is 34.6 Å². The van der Waals surface area contributed by atoms with Crippen molar-refractivity contribution in [3.63, 3.8) is 0 Å². The molecule has 2 aromatic heterocycles. The van der Waals surface area contributed by atoms with E-state index in [0.717, 1.165) is 180 Å². The van der Waals surface area contributed by atoms with Crippen molar-refractivity contribution >= 4 is 190 Å². The van der Waals surface area contributed by atoms with Crippen LogP contribution in [-0.4, -0.2) is 20.1 Å².